The normalized spacial score (nSPS) is 25.5. The highest BCUT2D eigenvalue weighted by atomic mass is 32.1. The molecule has 0 aliphatic heterocycles. The molecule has 0 unspecified atom stereocenters. The van der Waals surface area contributed by atoms with Crippen LogP contribution in [0.3, 0.4) is 0 Å². The zero-order valence-corrected chi connectivity index (χ0v) is 14.0. The molecule has 4 rings (SSSR count). The van der Waals surface area contributed by atoms with Crippen molar-refractivity contribution in [3.05, 3.63) is 30.5 Å². The first-order valence-electron chi connectivity index (χ1n) is 8.24. The zero-order chi connectivity index (χ0) is 15.8. The standard InChI is InChI=1S/C18H21N3OS/c1-22-16-7-6-14(13-3-2-8-19-17(13)16)20-18(23)21-15-10-11-4-5-12(15)9-11/h2-3,6-8,11-12,15H,4-5,9-10H2,1H3,(H2,20,21,23)/t11-,12-,15+/m0/s1. The van der Waals surface area contributed by atoms with Crippen LogP contribution in [0.1, 0.15) is 25.7 Å². The van der Waals surface area contributed by atoms with Crippen LogP contribution < -0.4 is 15.4 Å². The Bertz CT molecular complexity index is 748. The summed E-state index contributed by atoms with van der Waals surface area (Å²) in [4.78, 5) is 4.43. The van der Waals surface area contributed by atoms with Crippen LogP contribution in [0.25, 0.3) is 10.9 Å². The summed E-state index contributed by atoms with van der Waals surface area (Å²) in [5.41, 5.74) is 1.82. The third-order valence-corrected chi connectivity index (χ3v) is 5.48. The van der Waals surface area contributed by atoms with Crippen molar-refractivity contribution >= 4 is 33.9 Å². The average molecular weight is 327 g/mol. The molecule has 1 heterocycles. The molecule has 5 heteroatoms. The summed E-state index contributed by atoms with van der Waals surface area (Å²) >= 11 is 5.54. The SMILES string of the molecule is COc1ccc(NC(=S)N[C@@H]2C[C@H]3CC[C@H]2C3)c2cccnc12. The van der Waals surface area contributed by atoms with Gasteiger partial charge >= 0.3 is 0 Å². The molecule has 1 aromatic carbocycles. The highest BCUT2D eigenvalue weighted by molar-refractivity contribution is 7.80. The number of rotatable bonds is 3. The molecule has 23 heavy (non-hydrogen) atoms. The number of hydrogen-bond donors (Lipinski definition) is 2. The number of aromatic nitrogens is 1. The fourth-order valence-corrected chi connectivity index (χ4v) is 4.43. The van der Waals surface area contributed by atoms with Gasteiger partial charge in [0.25, 0.3) is 0 Å². The van der Waals surface area contributed by atoms with Crippen molar-refractivity contribution < 1.29 is 4.74 Å². The number of nitrogens with zero attached hydrogens (tertiary/aromatic N) is 1. The molecular formula is C18H21N3OS. The third-order valence-electron chi connectivity index (χ3n) is 5.26. The van der Waals surface area contributed by atoms with Crippen LogP contribution in [0.4, 0.5) is 5.69 Å². The molecule has 0 spiro atoms. The molecule has 1 aromatic heterocycles. The van der Waals surface area contributed by atoms with Crippen molar-refractivity contribution in [2.24, 2.45) is 11.8 Å². The lowest BCUT2D eigenvalue weighted by atomic mass is 9.95. The molecule has 0 radical (unpaired) electrons. The van der Waals surface area contributed by atoms with Crippen LogP contribution in [-0.2, 0) is 0 Å². The van der Waals surface area contributed by atoms with Crippen LogP contribution in [0.5, 0.6) is 5.75 Å². The molecular weight excluding hydrogens is 306 g/mol. The van der Waals surface area contributed by atoms with E-state index < -0.39 is 0 Å². The zero-order valence-electron chi connectivity index (χ0n) is 13.2. The smallest absolute Gasteiger partial charge is 0.171 e. The minimum atomic E-state index is 0.538. The second kappa shape index (κ2) is 5.96. The van der Waals surface area contributed by atoms with Crippen molar-refractivity contribution in [3.63, 3.8) is 0 Å². The number of benzene rings is 1. The van der Waals surface area contributed by atoms with E-state index in [0.717, 1.165) is 34.2 Å². The molecule has 120 valence electrons. The molecule has 2 saturated carbocycles. The predicted molar refractivity (Wildman–Crippen MR) is 96.9 cm³/mol. The maximum atomic E-state index is 5.54. The van der Waals surface area contributed by atoms with Gasteiger partial charge in [-0.25, -0.2) is 0 Å². The second-order valence-electron chi connectivity index (χ2n) is 6.59. The summed E-state index contributed by atoms with van der Waals surface area (Å²) in [5.74, 6) is 2.48. The van der Waals surface area contributed by atoms with E-state index in [9.17, 15) is 0 Å². The first kappa shape index (κ1) is 14.7. The van der Waals surface area contributed by atoms with Gasteiger partial charge in [-0.2, -0.15) is 0 Å². The van der Waals surface area contributed by atoms with Crippen molar-refractivity contribution in [3.8, 4) is 5.75 Å². The van der Waals surface area contributed by atoms with Crippen LogP contribution in [0, 0.1) is 11.8 Å². The quantitative estimate of drug-likeness (QED) is 0.841. The van der Waals surface area contributed by atoms with E-state index in [1.165, 1.54) is 25.7 Å². The highest BCUT2D eigenvalue weighted by Crippen LogP contribution is 2.44. The molecule has 2 aromatic rings. The lowest BCUT2D eigenvalue weighted by molar-refractivity contribution is 0.392. The van der Waals surface area contributed by atoms with Gasteiger partial charge in [0, 0.05) is 23.3 Å². The molecule has 2 aliphatic rings. The molecule has 2 fully saturated rings. The van der Waals surface area contributed by atoms with Crippen LogP contribution in [-0.4, -0.2) is 23.2 Å². The number of pyridine rings is 1. The van der Waals surface area contributed by atoms with Gasteiger partial charge in [0.15, 0.2) is 5.11 Å². The van der Waals surface area contributed by atoms with Gasteiger partial charge < -0.3 is 15.4 Å². The summed E-state index contributed by atoms with van der Waals surface area (Å²) in [7, 11) is 1.66. The third kappa shape index (κ3) is 2.74. The minimum Gasteiger partial charge on any atom is -0.494 e. The largest absolute Gasteiger partial charge is 0.494 e. The second-order valence-corrected chi connectivity index (χ2v) is 7.00. The van der Waals surface area contributed by atoms with Crippen LogP contribution >= 0.6 is 12.2 Å². The molecule has 2 N–H and O–H groups in total. The summed E-state index contributed by atoms with van der Waals surface area (Å²) in [6.07, 6.45) is 7.16. The molecule has 2 bridgehead atoms. The Labute approximate surface area is 141 Å². The monoisotopic (exact) mass is 327 g/mol. The van der Waals surface area contributed by atoms with E-state index in [1.807, 2.05) is 24.3 Å². The fourth-order valence-electron chi connectivity index (χ4n) is 4.17. The Morgan fingerprint density at radius 2 is 2.17 bits per heavy atom. The summed E-state index contributed by atoms with van der Waals surface area (Å²) < 4.78 is 5.39. The van der Waals surface area contributed by atoms with Gasteiger partial charge in [-0.1, -0.05) is 6.42 Å². The summed E-state index contributed by atoms with van der Waals surface area (Å²) in [6, 6.07) is 8.43. The number of hydrogen-bond acceptors (Lipinski definition) is 3. The Morgan fingerprint density at radius 1 is 1.26 bits per heavy atom. The van der Waals surface area contributed by atoms with Crippen molar-refractivity contribution in [1.82, 2.24) is 10.3 Å². The molecule has 0 saturated heterocycles. The number of fused-ring (bicyclic) bond motifs is 3. The van der Waals surface area contributed by atoms with E-state index in [0.29, 0.717) is 11.2 Å². The summed E-state index contributed by atoms with van der Waals surface area (Å²) in [6.45, 7) is 0. The lowest BCUT2D eigenvalue weighted by Crippen LogP contribution is -2.40. The van der Waals surface area contributed by atoms with Gasteiger partial charge in [-0.15, -0.1) is 0 Å². The van der Waals surface area contributed by atoms with E-state index >= 15 is 0 Å². The topological polar surface area (TPSA) is 46.2 Å². The number of anilines is 1. The van der Waals surface area contributed by atoms with E-state index in [1.54, 1.807) is 13.3 Å². The average Bonchev–Trinajstić information content (AvgIpc) is 3.18. The van der Waals surface area contributed by atoms with Crippen molar-refractivity contribution in [2.75, 3.05) is 12.4 Å². The maximum Gasteiger partial charge on any atom is 0.171 e. The Kier molecular flexibility index (Phi) is 3.81. The number of nitrogens with one attached hydrogen (secondary N) is 2. The number of methoxy groups -OCH3 is 1. The number of ether oxygens (including phenoxy) is 1. The Morgan fingerprint density at radius 3 is 2.91 bits per heavy atom. The first-order valence-corrected chi connectivity index (χ1v) is 8.64. The minimum absolute atomic E-state index is 0.538. The van der Waals surface area contributed by atoms with Gasteiger partial charge in [0.2, 0.25) is 0 Å². The van der Waals surface area contributed by atoms with Gasteiger partial charge in [-0.05, 0) is 67.6 Å². The first-order chi connectivity index (χ1) is 11.2. The van der Waals surface area contributed by atoms with E-state index in [2.05, 4.69) is 15.6 Å². The lowest BCUT2D eigenvalue weighted by Gasteiger charge is -2.24. The van der Waals surface area contributed by atoms with Crippen LogP contribution in [0.2, 0.25) is 0 Å². The van der Waals surface area contributed by atoms with Gasteiger partial charge in [0.05, 0.1) is 7.11 Å². The molecule has 3 atom stereocenters. The van der Waals surface area contributed by atoms with Gasteiger partial charge in [-0.3, -0.25) is 4.98 Å². The van der Waals surface area contributed by atoms with Crippen molar-refractivity contribution in [1.29, 1.82) is 0 Å². The van der Waals surface area contributed by atoms with Crippen LogP contribution in [0.15, 0.2) is 30.5 Å². The Hall–Kier alpha value is -1.88. The molecule has 2 aliphatic carbocycles. The molecule has 4 nitrogen and oxygen atoms in total. The van der Waals surface area contributed by atoms with Crippen molar-refractivity contribution in [2.45, 2.75) is 31.7 Å². The van der Waals surface area contributed by atoms with Gasteiger partial charge in [0.1, 0.15) is 11.3 Å². The summed E-state index contributed by atoms with van der Waals surface area (Å²) in [5, 5.41) is 8.59. The Balaban J connectivity index is 1.52. The fraction of sp³-hybridized carbons (Fsp3) is 0.444. The molecule has 0 amide bonds. The predicted octanol–water partition coefficient (Wildman–Crippen LogP) is 3.72. The maximum absolute atomic E-state index is 5.54. The van der Waals surface area contributed by atoms with E-state index in [-0.39, 0.29) is 0 Å². The number of thiocarbonyl (C=S) groups is 1. The highest BCUT2D eigenvalue weighted by Gasteiger charge is 2.39. The van der Waals surface area contributed by atoms with E-state index in [4.69, 9.17) is 17.0 Å².